The van der Waals surface area contributed by atoms with Crippen LogP contribution in [0.2, 0.25) is 5.02 Å². The molecular weight excluding hydrogens is 362 g/mol. The number of carbonyl (C=O) groups excluding carboxylic acids is 1. The molecule has 0 saturated heterocycles. The highest BCUT2D eigenvalue weighted by atomic mass is 35.5. The number of nitrogens with zero attached hydrogens (tertiary/aromatic N) is 3. The van der Waals surface area contributed by atoms with Gasteiger partial charge in [0, 0.05) is 11.2 Å². The average Bonchev–Trinajstić information content (AvgIpc) is 3.12. The Balaban J connectivity index is 1.84. The van der Waals surface area contributed by atoms with Crippen LogP contribution in [0, 0.1) is 10.1 Å². The van der Waals surface area contributed by atoms with Crippen LogP contribution in [0.25, 0.3) is 5.69 Å². The predicted molar refractivity (Wildman–Crippen MR) is 93.2 cm³/mol. The number of nitro benzene ring substituents is 1. The van der Waals surface area contributed by atoms with Gasteiger partial charge in [0.15, 0.2) is 5.69 Å². The number of carbonyl (C=O) groups is 1. The zero-order valence-electron chi connectivity index (χ0n) is 13.5. The van der Waals surface area contributed by atoms with E-state index in [0.29, 0.717) is 10.7 Å². The standard InChI is InChI=1S/C17H12ClN3O5/c1-25-13-5-6-16(15(10-13)21(23)24)26-17(22)14-7-8-20(19-14)12-4-2-3-11(18)9-12/h2-10H,1H3. The van der Waals surface area contributed by atoms with E-state index in [1.54, 1.807) is 30.5 Å². The fourth-order valence-corrected chi connectivity index (χ4v) is 2.39. The molecule has 26 heavy (non-hydrogen) atoms. The second-order valence-corrected chi connectivity index (χ2v) is 5.54. The molecule has 8 nitrogen and oxygen atoms in total. The van der Waals surface area contributed by atoms with E-state index in [-0.39, 0.29) is 22.9 Å². The second-order valence-electron chi connectivity index (χ2n) is 5.11. The normalized spacial score (nSPS) is 10.4. The molecule has 0 amide bonds. The van der Waals surface area contributed by atoms with Crippen molar-refractivity contribution in [2.45, 2.75) is 0 Å². The van der Waals surface area contributed by atoms with Crippen molar-refractivity contribution in [1.29, 1.82) is 0 Å². The number of halogens is 1. The zero-order valence-corrected chi connectivity index (χ0v) is 14.2. The van der Waals surface area contributed by atoms with Crippen LogP contribution < -0.4 is 9.47 Å². The van der Waals surface area contributed by atoms with E-state index >= 15 is 0 Å². The fourth-order valence-electron chi connectivity index (χ4n) is 2.20. The van der Waals surface area contributed by atoms with Crippen molar-refractivity contribution in [3.05, 3.63) is 75.6 Å². The summed E-state index contributed by atoms with van der Waals surface area (Å²) in [5, 5.41) is 15.8. The maximum absolute atomic E-state index is 12.3. The van der Waals surface area contributed by atoms with Gasteiger partial charge in [-0.25, -0.2) is 9.48 Å². The van der Waals surface area contributed by atoms with E-state index in [1.807, 2.05) is 0 Å². The Morgan fingerprint density at radius 3 is 2.73 bits per heavy atom. The monoisotopic (exact) mass is 373 g/mol. The largest absolute Gasteiger partial charge is 0.496 e. The maximum atomic E-state index is 12.3. The van der Waals surface area contributed by atoms with Gasteiger partial charge in [0.1, 0.15) is 5.75 Å². The summed E-state index contributed by atoms with van der Waals surface area (Å²) < 4.78 is 11.5. The summed E-state index contributed by atoms with van der Waals surface area (Å²) in [4.78, 5) is 22.8. The number of benzene rings is 2. The summed E-state index contributed by atoms with van der Waals surface area (Å²) in [6.45, 7) is 0. The third kappa shape index (κ3) is 3.65. The van der Waals surface area contributed by atoms with Crippen molar-refractivity contribution in [1.82, 2.24) is 9.78 Å². The summed E-state index contributed by atoms with van der Waals surface area (Å²) >= 11 is 5.94. The highest BCUT2D eigenvalue weighted by Gasteiger charge is 2.21. The summed E-state index contributed by atoms with van der Waals surface area (Å²) in [6.07, 6.45) is 1.56. The van der Waals surface area contributed by atoms with Crippen molar-refractivity contribution in [2.75, 3.05) is 7.11 Å². The summed E-state index contributed by atoms with van der Waals surface area (Å²) in [5.41, 5.74) is 0.272. The molecule has 1 heterocycles. The van der Waals surface area contributed by atoms with Crippen molar-refractivity contribution >= 4 is 23.3 Å². The second kappa shape index (κ2) is 7.24. The van der Waals surface area contributed by atoms with Gasteiger partial charge in [0.05, 0.1) is 23.8 Å². The quantitative estimate of drug-likeness (QED) is 0.293. The minimum absolute atomic E-state index is 0.00454. The third-order valence-electron chi connectivity index (χ3n) is 3.44. The summed E-state index contributed by atoms with van der Waals surface area (Å²) in [5.74, 6) is -0.737. The Bertz CT molecular complexity index is 986. The molecular formula is C17H12ClN3O5. The summed E-state index contributed by atoms with van der Waals surface area (Å²) in [7, 11) is 1.38. The number of rotatable bonds is 5. The van der Waals surface area contributed by atoms with E-state index in [9.17, 15) is 14.9 Å². The van der Waals surface area contributed by atoms with Gasteiger partial charge in [-0.3, -0.25) is 10.1 Å². The lowest BCUT2D eigenvalue weighted by molar-refractivity contribution is -0.385. The minimum atomic E-state index is -0.820. The number of aromatic nitrogens is 2. The Hall–Kier alpha value is -3.39. The Kier molecular flexibility index (Phi) is 4.85. The number of nitro groups is 1. The van der Waals surface area contributed by atoms with Gasteiger partial charge < -0.3 is 9.47 Å². The van der Waals surface area contributed by atoms with Crippen LogP contribution in [-0.2, 0) is 0 Å². The van der Waals surface area contributed by atoms with Crippen molar-refractivity contribution in [2.24, 2.45) is 0 Å². The van der Waals surface area contributed by atoms with E-state index in [4.69, 9.17) is 21.1 Å². The number of methoxy groups -OCH3 is 1. The van der Waals surface area contributed by atoms with E-state index in [0.717, 1.165) is 0 Å². The van der Waals surface area contributed by atoms with Gasteiger partial charge in [-0.2, -0.15) is 5.10 Å². The molecule has 0 spiro atoms. The van der Waals surface area contributed by atoms with Crippen molar-refractivity contribution in [3.8, 4) is 17.2 Å². The lowest BCUT2D eigenvalue weighted by atomic mass is 10.3. The first kappa shape index (κ1) is 17.4. The van der Waals surface area contributed by atoms with Crippen LogP contribution in [0.5, 0.6) is 11.5 Å². The van der Waals surface area contributed by atoms with Gasteiger partial charge in [0.2, 0.25) is 5.75 Å². The molecule has 0 aliphatic carbocycles. The molecule has 3 rings (SSSR count). The molecule has 0 atom stereocenters. The van der Waals surface area contributed by atoms with E-state index in [1.165, 1.54) is 36.1 Å². The van der Waals surface area contributed by atoms with Crippen LogP contribution in [-0.4, -0.2) is 27.8 Å². The van der Waals surface area contributed by atoms with Crippen LogP contribution >= 0.6 is 11.6 Å². The van der Waals surface area contributed by atoms with Crippen LogP contribution in [0.1, 0.15) is 10.5 Å². The first-order valence-electron chi connectivity index (χ1n) is 7.34. The first-order valence-corrected chi connectivity index (χ1v) is 7.72. The number of hydrogen-bond donors (Lipinski definition) is 0. The van der Waals surface area contributed by atoms with Gasteiger partial charge in [-0.05, 0) is 36.4 Å². The topological polar surface area (TPSA) is 96.5 Å². The van der Waals surface area contributed by atoms with Gasteiger partial charge in [-0.1, -0.05) is 17.7 Å². The molecule has 1 aromatic heterocycles. The Labute approximate surface area is 152 Å². The average molecular weight is 374 g/mol. The molecule has 0 aliphatic rings. The maximum Gasteiger partial charge on any atom is 0.364 e. The molecule has 0 N–H and O–H groups in total. The molecule has 0 saturated carbocycles. The zero-order chi connectivity index (χ0) is 18.7. The molecule has 0 bridgehead atoms. The van der Waals surface area contributed by atoms with E-state index < -0.39 is 10.9 Å². The molecule has 3 aromatic rings. The predicted octanol–water partition coefficient (Wildman–Crippen LogP) is 3.66. The molecule has 0 fully saturated rings. The Morgan fingerprint density at radius 1 is 1.23 bits per heavy atom. The highest BCUT2D eigenvalue weighted by Crippen LogP contribution is 2.31. The molecule has 0 radical (unpaired) electrons. The SMILES string of the molecule is COc1ccc(OC(=O)c2ccn(-c3cccc(Cl)c3)n2)c([N+](=O)[O-])c1. The first-order chi connectivity index (χ1) is 12.5. The molecule has 9 heteroatoms. The smallest absolute Gasteiger partial charge is 0.364 e. The molecule has 0 unspecified atom stereocenters. The number of esters is 1. The highest BCUT2D eigenvalue weighted by molar-refractivity contribution is 6.30. The molecule has 2 aromatic carbocycles. The lowest BCUT2D eigenvalue weighted by Crippen LogP contribution is -2.11. The fraction of sp³-hybridized carbons (Fsp3) is 0.0588. The Morgan fingerprint density at radius 2 is 2.04 bits per heavy atom. The minimum Gasteiger partial charge on any atom is -0.496 e. The number of ether oxygens (including phenoxy) is 2. The van der Waals surface area contributed by atoms with Gasteiger partial charge in [0.25, 0.3) is 0 Å². The van der Waals surface area contributed by atoms with Crippen LogP contribution in [0.15, 0.2) is 54.7 Å². The van der Waals surface area contributed by atoms with Crippen molar-refractivity contribution < 1.29 is 19.2 Å². The van der Waals surface area contributed by atoms with Gasteiger partial charge in [-0.15, -0.1) is 0 Å². The van der Waals surface area contributed by atoms with Crippen LogP contribution in [0.3, 0.4) is 0 Å². The molecule has 132 valence electrons. The van der Waals surface area contributed by atoms with Crippen LogP contribution in [0.4, 0.5) is 5.69 Å². The van der Waals surface area contributed by atoms with E-state index in [2.05, 4.69) is 5.10 Å². The molecule has 0 aliphatic heterocycles. The number of hydrogen-bond acceptors (Lipinski definition) is 6. The third-order valence-corrected chi connectivity index (χ3v) is 3.67. The van der Waals surface area contributed by atoms with Gasteiger partial charge >= 0.3 is 11.7 Å². The summed E-state index contributed by atoms with van der Waals surface area (Å²) in [6, 6.07) is 12.3. The van der Waals surface area contributed by atoms with Crippen molar-refractivity contribution in [3.63, 3.8) is 0 Å². The lowest BCUT2D eigenvalue weighted by Gasteiger charge is -2.05.